The van der Waals surface area contributed by atoms with Crippen molar-refractivity contribution in [2.75, 3.05) is 52.9 Å². The first-order valence-corrected chi connectivity index (χ1v) is 6.14. The molecule has 16 heavy (non-hydrogen) atoms. The van der Waals surface area contributed by atoms with E-state index in [2.05, 4.69) is 6.92 Å². The summed E-state index contributed by atoms with van der Waals surface area (Å²) in [6.45, 7) is 10.0. The van der Waals surface area contributed by atoms with E-state index in [4.69, 9.17) is 18.9 Å². The highest BCUT2D eigenvalue weighted by Crippen LogP contribution is 2.31. The van der Waals surface area contributed by atoms with Crippen molar-refractivity contribution in [3.8, 4) is 0 Å². The molecule has 0 saturated carbocycles. The molecule has 1 saturated heterocycles. The van der Waals surface area contributed by atoms with Gasteiger partial charge in [-0.2, -0.15) is 0 Å². The molecule has 96 valence electrons. The first-order valence-electron chi connectivity index (χ1n) is 6.14. The van der Waals surface area contributed by atoms with Crippen LogP contribution in [-0.4, -0.2) is 52.9 Å². The molecule has 0 amide bonds. The average molecular weight is 232 g/mol. The molecule has 1 heterocycles. The normalized spacial score (nSPS) is 18.4. The van der Waals surface area contributed by atoms with Gasteiger partial charge >= 0.3 is 0 Å². The predicted octanol–water partition coefficient (Wildman–Crippen LogP) is 1.48. The lowest BCUT2D eigenvalue weighted by Gasteiger charge is -2.40. The van der Waals surface area contributed by atoms with E-state index in [1.54, 1.807) is 0 Å². The van der Waals surface area contributed by atoms with Crippen LogP contribution < -0.4 is 0 Å². The highest BCUT2D eigenvalue weighted by atomic mass is 16.5. The van der Waals surface area contributed by atoms with Gasteiger partial charge in [-0.1, -0.05) is 6.92 Å². The number of hydrogen-bond acceptors (Lipinski definition) is 4. The van der Waals surface area contributed by atoms with Crippen LogP contribution in [0.1, 0.15) is 20.3 Å². The fraction of sp³-hybridized carbons (Fsp3) is 1.00. The molecule has 1 rings (SSSR count). The van der Waals surface area contributed by atoms with Crippen LogP contribution in [0.25, 0.3) is 0 Å². The van der Waals surface area contributed by atoms with Crippen molar-refractivity contribution < 1.29 is 18.9 Å². The van der Waals surface area contributed by atoms with Crippen molar-refractivity contribution in [1.29, 1.82) is 0 Å². The van der Waals surface area contributed by atoms with Gasteiger partial charge in [0.1, 0.15) is 0 Å². The Morgan fingerprint density at radius 2 is 1.56 bits per heavy atom. The molecule has 0 spiro atoms. The smallest absolute Gasteiger partial charge is 0.0701 e. The molecule has 0 aromatic carbocycles. The molecule has 0 radical (unpaired) electrons. The van der Waals surface area contributed by atoms with E-state index in [-0.39, 0.29) is 5.41 Å². The summed E-state index contributed by atoms with van der Waals surface area (Å²) < 4.78 is 21.3. The molecule has 1 aliphatic rings. The summed E-state index contributed by atoms with van der Waals surface area (Å²) >= 11 is 0. The number of hydrogen-bond donors (Lipinski definition) is 0. The fourth-order valence-corrected chi connectivity index (χ4v) is 1.55. The molecule has 0 aliphatic carbocycles. The Bertz CT molecular complexity index is 163. The lowest BCUT2D eigenvalue weighted by Crippen LogP contribution is -2.45. The van der Waals surface area contributed by atoms with E-state index >= 15 is 0 Å². The summed E-state index contributed by atoms with van der Waals surface area (Å²) in [6, 6.07) is 0. The fourth-order valence-electron chi connectivity index (χ4n) is 1.55. The van der Waals surface area contributed by atoms with Crippen LogP contribution in [0.5, 0.6) is 0 Å². The zero-order valence-electron chi connectivity index (χ0n) is 10.5. The Kier molecular flexibility index (Phi) is 6.96. The quantitative estimate of drug-likeness (QED) is 0.535. The Labute approximate surface area is 98.2 Å². The van der Waals surface area contributed by atoms with Gasteiger partial charge in [-0.3, -0.25) is 0 Å². The van der Waals surface area contributed by atoms with Crippen molar-refractivity contribution in [2.45, 2.75) is 20.3 Å². The number of ether oxygens (including phenoxy) is 4. The maximum absolute atomic E-state index is 5.59. The van der Waals surface area contributed by atoms with Gasteiger partial charge in [0.25, 0.3) is 0 Å². The Hall–Kier alpha value is -0.160. The average Bonchev–Trinajstić information content (AvgIpc) is 2.25. The van der Waals surface area contributed by atoms with Gasteiger partial charge in [0.2, 0.25) is 0 Å². The summed E-state index contributed by atoms with van der Waals surface area (Å²) in [5.74, 6) is 0. The molecule has 0 N–H and O–H groups in total. The van der Waals surface area contributed by atoms with E-state index in [1.165, 1.54) is 0 Å². The summed E-state index contributed by atoms with van der Waals surface area (Å²) in [7, 11) is 0. The predicted molar refractivity (Wildman–Crippen MR) is 61.7 cm³/mol. The molecule has 1 aliphatic heterocycles. The first-order chi connectivity index (χ1) is 7.83. The molecule has 0 aromatic heterocycles. The first kappa shape index (κ1) is 13.9. The Morgan fingerprint density at radius 3 is 2.06 bits per heavy atom. The van der Waals surface area contributed by atoms with Crippen LogP contribution in [0, 0.1) is 5.41 Å². The van der Waals surface area contributed by atoms with Crippen LogP contribution in [0.4, 0.5) is 0 Å². The third-order valence-electron chi connectivity index (χ3n) is 2.92. The maximum Gasteiger partial charge on any atom is 0.0701 e. The van der Waals surface area contributed by atoms with Crippen LogP contribution in [0.2, 0.25) is 0 Å². The highest BCUT2D eigenvalue weighted by molar-refractivity contribution is 4.83. The van der Waals surface area contributed by atoms with Gasteiger partial charge in [-0.05, 0) is 13.3 Å². The minimum absolute atomic E-state index is 0.283. The van der Waals surface area contributed by atoms with E-state index in [0.29, 0.717) is 26.4 Å². The summed E-state index contributed by atoms with van der Waals surface area (Å²) in [6.07, 6.45) is 1.12. The van der Waals surface area contributed by atoms with Crippen molar-refractivity contribution in [3.05, 3.63) is 0 Å². The number of rotatable bonds is 10. The second kappa shape index (κ2) is 8.01. The summed E-state index contributed by atoms with van der Waals surface area (Å²) in [5, 5.41) is 0. The minimum atomic E-state index is 0.283. The van der Waals surface area contributed by atoms with E-state index < -0.39 is 0 Å². The Morgan fingerprint density at radius 1 is 0.938 bits per heavy atom. The van der Waals surface area contributed by atoms with Crippen LogP contribution in [-0.2, 0) is 18.9 Å². The summed E-state index contributed by atoms with van der Waals surface area (Å²) in [4.78, 5) is 0. The van der Waals surface area contributed by atoms with Gasteiger partial charge in [-0.15, -0.1) is 0 Å². The lowest BCUT2D eigenvalue weighted by molar-refractivity contribution is -0.153. The molecular formula is C12H24O4. The van der Waals surface area contributed by atoms with E-state index in [0.717, 1.165) is 32.8 Å². The van der Waals surface area contributed by atoms with Gasteiger partial charge < -0.3 is 18.9 Å². The van der Waals surface area contributed by atoms with Gasteiger partial charge in [-0.25, -0.2) is 0 Å². The molecule has 0 bridgehead atoms. The monoisotopic (exact) mass is 232 g/mol. The second-order valence-corrected chi connectivity index (χ2v) is 4.21. The molecular weight excluding hydrogens is 208 g/mol. The SMILES string of the molecule is CCOCCOCCOCC1(CC)COC1. The van der Waals surface area contributed by atoms with Crippen LogP contribution in [0.3, 0.4) is 0 Å². The van der Waals surface area contributed by atoms with Crippen LogP contribution >= 0.6 is 0 Å². The topological polar surface area (TPSA) is 36.9 Å². The van der Waals surface area contributed by atoms with Gasteiger partial charge in [0.15, 0.2) is 0 Å². The molecule has 4 nitrogen and oxygen atoms in total. The third kappa shape index (κ3) is 4.78. The van der Waals surface area contributed by atoms with Crippen LogP contribution in [0.15, 0.2) is 0 Å². The molecule has 0 unspecified atom stereocenters. The Balaban J connectivity index is 1.84. The lowest BCUT2D eigenvalue weighted by atomic mass is 9.84. The van der Waals surface area contributed by atoms with E-state index in [1.807, 2.05) is 6.92 Å². The third-order valence-corrected chi connectivity index (χ3v) is 2.92. The van der Waals surface area contributed by atoms with E-state index in [9.17, 15) is 0 Å². The van der Waals surface area contributed by atoms with Gasteiger partial charge in [0, 0.05) is 12.0 Å². The molecule has 1 fully saturated rings. The zero-order chi connectivity index (χ0) is 11.7. The molecule has 0 aromatic rings. The molecule has 4 heteroatoms. The van der Waals surface area contributed by atoms with Crippen molar-refractivity contribution in [2.24, 2.45) is 5.41 Å². The summed E-state index contributed by atoms with van der Waals surface area (Å²) in [5.41, 5.74) is 0.283. The largest absolute Gasteiger partial charge is 0.380 e. The maximum atomic E-state index is 5.59. The van der Waals surface area contributed by atoms with Crippen molar-refractivity contribution in [1.82, 2.24) is 0 Å². The highest BCUT2D eigenvalue weighted by Gasteiger charge is 2.36. The molecule has 0 atom stereocenters. The van der Waals surface area contributed by atoms with Crippen molar-refractivity contribution in [3.63, 3.8) is 0 Å². The second-order valence-electron chi connectivity index (χ2n) is 4.21. The zero-order valence-corrected chi connectivity index (χ0v) is 10.5. The minimum Gasteiger partial charge on any atom is -0.380 e. The standard InChI is InChI=1S/C12H24O4/c1-3-12(10-16-11-12)9-15-8-7-14-6-5-13-4-2/h3-11H2,1-2H3. The van der Waals surface area contributed by atoms with Crippen molar-refractivity contribution >= 4 is 0 Å². The van der Waals surface area contributed by atoms with Gasteiger partial charge in [0.05, 0.1) is 46.2 Å².